The van der Waals surface area contributed by atoms with E-state index < -0.39 is 11.2 Å². The fraction of sp³-hybridized carbons (Fsp3) is 0.692. The van der Waals surface area contributed by atoms with E-state index in [-0.39, 0.29) is 30.7 Å². The Morgan fingerprint density at radius 2 is 2.10 bits per heavy atom. The molecule has 0 aliphatic rings. The molecule has 0 saturated heterocycles. The molecule has 1 aromatic heterocycles. The predicted molar refractivity (Wildman–Crippen MR) is 81.8 cm³/mol. The second kappa shape index (κ2) is 7.84. The Kier molecular flexibility index (Phi) is 6.44. The molecule has 1 heterocycles. The summed E-state index contributed by atoms with van der Waals surface area (Å²) in [6.07, 6.45) is 0.508. The van der Waals surface area contributed by atoms with Crippen molar-refractivity contribution in [3.05, 3.63) is 20.8 Å². The molecule has 1 rings (SSSR count). The Bertz CT molecular complexity index is 564. The third kappa shape index (κ3) is 4.08. The fourth-order valence-corrected chi connectivity index (χ4v) is 2.13. The number of methoxy groups -OCH3 is 1. The number of aromatic nitrogens is 2. The molecule has 21 heavy (non-hydrogen) atoms. The normalized spacial score (nSPS) is 11.1. The number of nitrogens with one attached hydrogen (secondary N) is 1. The van der Waals surface area contributed by atoms with Crippen molar-refractivity contribution in [1.29, 1.82) is 0 Å². The summed E-state index contributed by atoms with van der Waals surface area (Å²) >= 11 is 0. The van der Waals surface area contributed by atoms with E-state index in [1.165, 1.54) is 11.7 Å². The zero-order valence-corrected chi connectivity index (χ0v) is 12.8. The largest absolute Gasteiger partial charge is 0.396 e. The van der Waals surface area contributed by atoms with Crippen LogP contribution in [0.2, 0.25) is 0 Å². The number of aliphatic hydroxyl groups is 1. The lowest BCUT2D eigenvalue weighted by Gasteiger charge is -2.29. The summed E-state index contributed by atoms with van der Waals surface area (Å²) in [5.74, 6) is 0.118. The maximum absolute atomic E-state index is 12.1. The molecule has 0 amide bonds. The van der Waals surface area contributed by atoms with Crippen molar-refractivity contribution in [3.8, 4) is 0 Å². The molecular formula is C13H24N4O4. The molecule has 0 aromatic carbocycles. The summed E-state index contributed by atoms with van der Waals surface area (Å²) in [5, 5.41) is 8.98. The summed E-state index contributed by atoms with van der Waals surface area (Å²) < 4.78 is 6.23. The molecule has 0 atom stereocenters. The Hall–Kier alpha value is -1.80. The van der Waals surface area contributed by atoms with Crippen molar-refractivity contribution in [1.82, 2.24) is 9.55 Å². The lowest BCUT2D eigenvalue weighted by Crippen LogP contribution is -2.42. The summed E-state index contributed by atoms with van der Waals surface area (Å²) in [5.41, 5.74) is 5.21. The van der Waals surface area contributed by atoms with Gasteiger partial charge in [-0.05, 0) is 20.3 Å². The zero-order chi connectivity index (χ0) is 16.0. The van der Waals surface area contributed by atoms with E-state index >= 15 is 0 Å². The van der Waals surface area contributed by atoms with Crippen molar-refractivity contribution in [3.63, 3.8) is 0 Å². The molecule has 1 aromatic rings. The zero-order valence-electron chi connectivity index (χ0n) is 12.8. The molecule has 4 N–H and O–H groups in total. The lowest BCUT2D eigenvalue weighted by atomic mass is 10.2. The van der Waals surface area contributed by atoms with E-state index in [0.29, 0.717) is 19.6 Å². The van der Waals surface area contributed by atoms with Crippen molar-refractivity contribution < 1.29 is 9.84 Å². The van der Waals surface area contributed by atoms with Gasteiger partial charge >= 0.3 is 5.69 Å². The van der Waals surface area contributed by atoms with Gasteiger partial charge < -0.3 is 20.5 Å². The van der Waals surface area contributed by atoms with Gasteiger partial charge in [0, 0.05) is 26.3 Å². The van der Waals surface area contributed by atoms with Gasteiger partial charge in [-0.15, -0.1) is 0 Å². The number of nitrogens with zero attached hydrogens (tertiary/aromatic N) is 2. The molecular weight excluding hydrogens is 276 g/mol. The first-order valence-corrected chi connectivity index (χ1v) is 6.93. The molecule has 0 unspecified atom stereocenters. The van der Waals surface area contributed by atoms with Crippen LogP contribution >= 0.6 is 0 Å². The van der Waals surface area contributed by atoms with Crippen LogP contribution in [0.5, 0.6) is 0 Å². The van der Waals surface area contributed by atoms with Gasteiger partial charge in [0.15, 0.2) is 0 Å². The Morgan fingerprint density at radius 3 is 2.62 bits per heavy atom. The third-order valence-corrected chi connectivity index (χ3v) is 3.20. The Balaban J connectivity index is 3.32. The first kappa shape index (κ1) is 17.3. The van der Waals surface area contributed by atoms with Crippen LogP contribution in [0.25, 0.3) is 0 Å². The first-order valence-electron chi connectivity index (χ1n) is 6.93. The van der Waals surface area contributed by atoms with E-state index in [1.54, 1.807) is 4.90 Å². The van der Waals surface area contributed by atoms with Gasteiger partial charge in [0.05, 0.1) is 13.2 Å². The van der Waals surface area contributed by atoms with E-state index in [0.717, 1.165) is 0 Å². The highest BCUT2D eigenvalue weighted by Crippen LogP contribution is 2.19. The molecule has 120 valence electrons. The fourth-order valence-electron chi connectivity index (χ4n) is 2.13. The number of nitrogen functional groups attached to an aromatic ring is 1. The van der Waals surface area contributed by atoms with Gasteiger partial charge in [0.1, 0.15) is 11.5 Å². The number of hydrogen-bond acceptors (Lipinski definition) is 6. The minimum absolute atomic E-state index is 0.00771. The maximum Gasteiger partial charge on any atom is 0.330 e. The van der Waals surface area contributed by atoms with Crippen LogP contribution in [0.15, 0.2) is 9.59 Å². The second-order valence-corrected chi connectivity index (χ2v) is 5.00. The van der Waals surface area contributed by atoms with E-state index in [2.05, 4.69) is 4.98 Å². The van der Waals surface area contributed by atoms with Gasteiger partial charge in [0.2, 0.25) is 0 Å². The molecule has 0 spiro atoms. The van der Waals surface area contributed by atoms with Crippen molar-refractivity contribution in [2.24, 2.45) is 0 Å². The minimum atomic E-state index is -0.552. The SMILES string of the molecule is COCCn1c(N)c(N(CCCO)C(C)C)c(=O)[nH]c1=O. The van der Waals surface area contributed by atoms with Crippen LogP contribution in [0.4, 0.5) is 11.5 Å². The van der Waals surface area contributed by atoms with Crippen molar-refractivity contribution in [2.45, 2.75) is 32.9 Å². The van der Waals surface area contributed by atoms with Crippen LogP contribution < -0.4 is 21.9 Å². The third-order valence-electron chi connectivity index (χ3n) is 3.20. The molecule has 0 fully saturated rings. The van der Waals surface area contributed by atoms with Crippen LogP contribution in [-0.2, 0) is 11.3 Å². The minimum Gasteiger partial charge on any atom is -0.396 e. The number of hydrogen-bond donors (Lipinski definition) is 3. The second-order valence-electron chi connectivity index (χ2n) is 5.00. The first-order chi connectivity index (χ1) is 9.93. The average Bonchev–Trinajstić information content (AvgIpc) is 2.41. The molecule has 0 aliphatic carbocycles. The summed E-state index contributed by atoms with van der Waals surface area (Å²) in [6.45, 7) is 4.90. The van der Waals surface area contributed by atoms with E-state index in [1.807, 2.05) is 13.8 Å². The maximum atomic E-state index is 12.1. The Morgan fingerprint density at radius 1 is 1.43 bits per heavy atom. The van der Waals surface area contributed by atoms with Gasteiger partial charge in [-0.2, -0.15) is 0 Å². The van der Waals surface area contributed by atoms with Crippen molar-refractivity contribution >= 4 is 11.5 Å². The topological polar surface area (TPSA) is 114 Å². The molecule has 0 saturated carbocycles. The highest BCUT2D eigenvalue weighted by Gasteiger charge is 2.20. The van der Waals surface area contributed by atoms with Gasteiger partial charge in [-0.25, -0.2) is 4.79 Å². The number of nitrogens with two attached hydrogens (primary N) is 1. The number of rotatable bonds is 8. The van der Waals surface area contributed by atoms with Crippen LogP contribution in [0.3, 0.4) is 0 Å². The molecule has 0 bridgehead atoms. The van der Waals surface area contributed by atoms with Gasteiger partial charge in [-0.3, -0.25) is 14.3 Å². The van der Waals surface area contributed by atoms with Gasteiger partial charge in [-0.1, -0.05) is 0 Å². The van der Waals surface area contributed by atoms with E-state index in [4.69, 9.17) is 15.6 Å². The standard InChI is InChI=1S/C13H24N4O4/c1-9(2)16(5-4-7-18)10-11(14)17(6-8-21-3)13(20)15-12(10)19/h9,18H,4-8,14H2,1-3H3,(H,15,19,20). The molecule has 0 aliphatic heterocycles. The van der Waals surface area contributed by atoms with Crippen LogP contribution in [0, 0.1) is 0 Å². The average molecular weight is 300 g/mol. The number of anilines is 2. The summed E-state index contributed by atoms with van der Waals surface area (Å²) in [6, 6.07) is 0.00771. The Labute approximate surface area is 123 Å². The van der Waals surface area contributed by atoms with Crippen molar-refractivity contribution in [2.75, 3.05) is 37.5 Å². The highest BCUT2D eigenvalue weighted by molar-refractivity contribution is 5.62. The number of ether oxygens (including phenoxy) is 1. The quantitative estimate of drug-likeness (QED) is 0.588. The summed E-state index contributed by atoms with van der Waals surface area (Å²) in [7, 11) is 1.52. The smallest absolute Gasteiger partial charge is 0.330 e. The van der Waals surface area contributed by atoms with Crippen LogP contribution in [0.1, 0.15) is 20.3 Å². The number of aliphatic hydroxyl groups excluding tert-OH is 1. The van der Waals surface area contributed by atoms with Crippen LogP contribution in [-0.4, -0.2) is 47.6 Å². The predicted octanol–water partition coefficient (Wildman–Crippen LogP) is -0.638. The lowest BCUT2D eigenvalue weighted by molar-refractivity contribution is 0.186. The summed E-state index contributed by atoms with van der Waals surface area (Å²) in [4.78, 5) is 28.0. The van der Waals surface area contributed by atoms with Gasteiger partial charge in [0.25, 0.3) is 5.56 Å². The monoisotopic (exact) mass is 300 g/mol. The molecule has 8 heteroatoms. The number of aromatic amines is 1. The molecule has 0 radical (unpaired) electrons. The van der Waals surface area contributed by atoms with E-state index in [9.17, 15) is 9.59 Å². The highest BCUT2D eigenvalue weighted by atomic mass is 16.5. The molecule has 8 nitrogen and oxygen atoms in total. The number of H-pyrrole nitrogens is 1.